The van der Waals surface area contributed by atoms with E-state index in [-0.39, 0.29) is 30.4 Å². The number of nitrogens with zero attached hydrogens (tertiary/aromatic N) is 3. The molecule has 0 aromatic heterocycles. The maximum atomic E-state index is 14.5. The van der Waals surface area contributed by atoms with E-state index in [1.165, 1.54) is 4.90 Å². The van der Waals surface area contributed by atoms with Crippen molar-refractivity contribution in [3.63, 3.8) is 0 Å². The number of halogens is 2. The quantitative estimate of drug-likeness (QED) is 0.832. The number of guanidine groups is 1. The Morgan fingerprint density at radius 2 is 2.00 bits per heavy atom. The predicted molar refractivity (Wildman–Crippen MR) is 95.7 cm³/mol. The lowest BCUT2D eigenvalue weighted by molar-refractivity contribution is -0.0249. The van der Waals surface area contributed by atoms with Gasteiger partial charge in [-0.25, -0.2) is 13.8 Å². The summed E-state index contributed by atoms with van der Waals surface area (Å²) in [6.45, 7) is 4.98. The monoisotopic (exact) mass is 362 g/mol. The first-order valence-corrected chi connectivity index (χ1v) is 9.15. The van der Waals surface area contributed by atoms with Crippen molar-refractivity contribution in [3.8, 4) is 0 Å². The van der Waals surface area contributed by atoms with Crippen molar-refractivity contribution in [2.45, 2.75) is 57.0 Å². The molecule has 2 N–H and O–H groups in total. The summed E-state index contributed by atoms with van der Waals surface area (Å²) >= 11 is 0. The first-order valence-electron chi connectivity index (χ1n) is 9.15. The molecule has 7 heteroatoms. The molecular weight excluding hydrogens is 338 g/mol. The molecule has 5 nitrogen and oxygen atoms in total. The SMILES string of the molecule is CC1(C)CCCCN1C(=O)c1ccc2c(c1)C1N(CCC1(F)F)C(N)=N2. The van der Waals surface area contributed by atoms with E-state index < -0.39 is 12.0 Å². The Bertz CT molecular complexity index is 790. The Hall–Kier alpha value is -2.18. The van der Waals surface area contributed by atoms with Crippen LogP contribution in [-0.4, -0.2) is 46.2 Å². The number of carbonyl (C=O) groups excluding carboxylic acids is 1. The Kier molecular flexibility index (Phi) is 3.75. The third-order valence-corrected chi connectivity index (χ3v) is 5.89. The van der Waals surface area contributed by atoms with E-state index in [2.05, 4.69) is 18.8 Å². The summed E-state index contributed by atoms with van der Waals surface area (Å²) < 4.78 is 29.0. The number of hydrogen-bond acceptors (Lipinski definition) is 4. The second-order valence-electron chi connectivity index (χ2n) is 8.08. The zero-order valence-electron chi connectivity index (χ0n) is 15.1. The van der Waals surface area contributed by atoms with Crippen molar-refractivity contribution in [2.75, 3.05) is 13.1 Å². The van der Waals surface area contributed by atoms with E-state index in [0.717, 1.165) is 19.3 Å². The highest BCUT2D eigenvalue weighted by atomic mass is 19.3. The van der Waals surface area contributed by atoms with Gasteiger partial charge in [0.05, 0.1) is 5.69 Å². The predicted octanol–water partition coefficient (Wildman–Crippen LogP) is 3.43. The standard InChI is InChI=1S/C19H24F2N4O/c1-18(2)7-3-4-9-25(18)16(26)12-5-6-14-13(11-12)15-19(20,21)8-10-24(15)17(22)23-14/h5-6,11,15H,3-4,7-10H2,1-2H3,(H2,22,23). The van der Waals surface area contributed by atoms with Gasteiger partial charge in [0.1, 0.15) is 6.04 Å². The van der Waals surface area contributed by atoms with Crippen LogP contribution in [0.15, 0.2) is 23.2 Å². The van der Waals surface area contributed by atoms with E-state index in [0.29, 0.717) is 23.4 Å². The smallest absolute Gasteiger partial charge is 0.274 e. The number of piperidine rings is 1. The second kappa shape index (κ2) is 5.66. The van der Waals surface area contributed by atoms with Gasteiger partial charge in [-0.05, 0) is 51.3 Å². The molecule has 140 valence electrons. The van der Waals surface area contributed by atoms with Crippen molar-refractivity contribution in [1.29, 1.82) is 0 Å². The summed E-state index contributed by atoms with van der Waals surface area (Å²) in [7, 11) is 0. The van der Waals surface area contributed by atoms with Crippen LogP contribution in [0.3, 0.4) is 0 Å². The van der Waals surface area contributed by atoms with Crippen molar-refractivity contribution < 1.29 is 13.6 Å². The van der Waals surface area contributed by atoms with Crippen LogP contribution >= 0.6 is 0 Å². The lowest BCUT2D eigenvalue weighted by Gasteiger charge is -2.42. The van der Waals surface area contributed by atoms with E-state index >= 15 is 0 Å². The molecule has 1 aromatic carbocycles. The highest BCUT2D eigenvalue weighted by molar-refractivity contribution is 5.96. The van der Waals surface area contributed by atoms with Gasteiger partial charge in [0.25, 0.3) is 11.8 Å². The van der Waals surface area contributed by atoms with Crippen molar-refractivity contribution in [1.82, 2.24) is 9.80 Å². The summed E-state index contributed by atoms with van der Waals surface area (Å²) in [5, 5.41) is 0. The minimum absolute atomic E-state index is 0.104. The van der Waals surface area contributed by atoms with Crippen LogP contribution in [0, 0.1) is 0 Å². The minimum Gasteiger partial charge on any atom is -0.369 e. The summed E-state index contributed by atoms with van der Waals surface area (Å²) in [4.78, 5) is 20.7. The van der Waals surface area contributed by atoms with E-state index in [1.807, 2.05) is 4.90 Å². The molecule has 0 radical (unpaired) electrons. The normalized spacial score (nSPS) is 26.2. The lowest BCUT2D eigenvalue weighted by Crippen LogP contribution is -2.50. The zero-order chi connectivity index (χ0) is 18.7. The zero-order valence-corrected chi connectivity index (χ0v) is 15.1. The molecule has 1 unspecified atom stereocenters. The van der Waals surface area contributed by atoms with Gasteiger partial charge in [-0.2, -0.15) is 0 Å². The van der Waals surface area contributed by atoms with Crippen LogP contribution < -0.4 is 5.73 Å². The number of rotatable bonds is 1. The van der Waals surface area contributed by atoms with Crippen molar-refractivity contribution in [2.24, 2.45) is 10.7 Å². The molecule has 0 spiro atoms. The number of benzene rings is 1. The van der Waals surface area contributed by atoms with Gasteiger partial charge in [0, 0.05) is 36.2 Å². The number of carbonyl (C=O) groups is 1. The Morgan fingerprint density at radius 1 is 1.23 bits per heavy atom. The molecule has 3 aliphatic rings. The van der Waals surface area contributed by atoms with E-state index in [1.54, 1.807) is 18.2 Å². The van der Waals surface area contributed by atoms with Gasteiger partial charge >= 0.3 is 0 Å². The van der Waals surface area contributed by atoms with Crippen LogP contribution in [0.2, 0.25) is 0 Å². The summed E-state index contributed by atoms with van der Waals surface area (Å²) in [5.74, 6) is -2.87. The third-order valence-electron chi connectivity index (χ3n) is 5.89. The first-order chi connectivity index (χ1) is 12.2. The van der Waals surface area contributed by atoms with Crippen LogP contribution in [-0.2, 0) is 0 Å². The van der Waals surface area contributed by atoms with Crippen LogP contribution in [0.5, 0.6) is 0 Å². The van der Waals surface area contributed by atoms with E-state index in [9.17, 15) is 13.6 Å². The van der Waals surface area contributed by atoms with Crippen molar-refractivity contribution in [3.05, 3.63) is 29.3 Å². The van der Waals surface area contributed by atoms with E-state index in [4.69, 9.17) is 5.73 Å². The number of aliphatic imine (C=N–C) groups is 1. The Morgan fingerprint density at radius 3 is 2.73 bits per heavy atom. The van der Waals surface area contributed by atoms with Gasteiger partial charge < -0.3 is 15.5 Å². The van der Waals surface area contributed by atoms with Crippen LogP contribution in [0.4, 0.5) is 14.5 Å². The molecule has 0 aliphatic carbocycles. The van der Waals surface area contributed by atoms with Crippen LogP contribution in [0.25, 0.3) is 0 Å². The van der Waals surface area contributed by atoms with Crippen molar-refractivity contribution >= 4 is 17.6 Å². The fourth-order valence-electron chi connectivity index (χ4n) is 4.40. The Labute approximate surface area is 151 Å². The number of fused-ring (bicyclic) bond motifs is 3. The molecule has 3 heterocycles. The number of nitrogens with two attached hydrogens (primary N) is 1. The lowest BCUT2D eigenvalue weighted by atomic mass is 9.89. The maximum absolute atomic E-state index is 14.5. The molecule has 3 aliphatic heterocycles. The third kappa shape index (κ3) is 2.56. The molecule has 26 heavy (non-hydrogen) atoms. The van der Waals surface area contributed by atoms with Crippen LogP contribution in [0.1, 0.15) is 61.5 Å². The summed E-state index contributed by atoms with van der Waals surface area (Å²) in [6.07, 6.45) is 2.75. The largest absolute Gasteiger partial charge is 0.369 e. The highest BCUT2D eigenvalue weighted by Gasteiger charge is 2.52. The topological polar surface area (TPSA) is 61.9 Å². The summed E-state index contributed by atoms with van der Waals surface area (Å²) in [5.41, 5.74) is 6.91. The maximum Gasteiger partial charge on any atom is 0.274 e. The summed E-state index contributed by atoms with van der Waals surface area (Å²) in [6, 6.07) is 3.76. The fraction of sp³-hybridized carbons (Fsp3) is 0.579. The molecule has 0 bridgehead atoms. The molecule has 4 rings (SSSR count). The number of hydrogen-bond donors (Lipinski definition) is 1. The van der Waals surface area contributed by atoms with Gasteiger partial charge in [-0.3, -0.25) is 4.79 Å². The average Bonchev–Trinajstić information content (AvgIpc) is 2.90. The number of amides is 1. The molecule has 1 aromatic rings. The first kappa shape index (κ1) is 17.2. The van der Waals surface area contributed by atoms with Gasteiger partial charge in [-0.1, -0.05) is 0 Å². The molecule has 0 saturated carbocycles. The molecule has 1 atom stereocenters. The Balaban J connectivity index is 1.73. The number of alkyl halides is 2. The van der Waals surface area contributed by atoms with Gasteiger partial charge in [0.15, 0.2) is 5.96 Å². The van der Waals surface area contributed by atoms with Gasteiger partial charge in [-0.15, -0.1) is 0 Å². The minimum atomic E-state index is -2.89. The molecule has 2 fully saturated rings. The average molecular weight is 362 g/mol. The number of likely N-dealkylation sites (tertiary alicyclic amines) is 1. The molecule has 1 amide bonds. The second-order valence-corrected chi connectivity index (χ2v) is 8.08. The molecular formula is C19H24F2N4O. The fourth-order valence-corrected chi connectivity index (χ4v) is 4.40. The van der Waals surface area contributed by atoms with Gasteiger partial charge in [0.2, 0.25) is 0 Å². The highest BCUT2D eigenvalue weighted by Crippen LogP contribution is 2.49. The molecule has 2 saturated heterocycles.